The zero-order chi connectivity index (χ0) is 17.1. The van der Waals surface area contributed by atoms with Gasteiger partial charge in [0.2, 0.25) is 0 Å². The van der Waals surface area contributed by atoms with Crippen LogP contribution in [0.3, 0.4) is 0 Å². The highest BCUT2D eigenvalue weighted by molar-refractivity contribution is 5.94. The van der Waals surface area contributed by atoms with Gasteiger partial charge in [0.25, 0.3) is 5.91 Å². The first-order valence-corrected chi connectivity index (χ1v) is 9.03. The largest absolute Gasteiger partial charge is 0.376 e. The van der Waals surface area contributed by atoms with E-state index in [9.17, 15) is 4.79 Å². The summed E-state index contributed by atoms with van der Waals surface area (Å²) in [5.74, 6) is -0.0134. The highest BCUT2D eigenvalue weighted by Crippen LogP contribution is 2.20. The number of amides is 1. The van der Waals surface area contributed by atoms with Crippen LogP contribution in [0.25, 0.3) is 0 Å². The molecule has 2 aliphatic rings. The zero-order valence-corrected chi connectivity index (χ0v) is 15.6. The van der Waals surface area contributed by atoms with E-state index in [1.54, 1.807) is 0 Å². The number of nitrogens with zero attached hydrogens (tertiary/aromatic N) is 2. The van der Waals surface area contributed by atoms with Crippen LogP contribution in [-0.4, -0.2) is 46.8 Å². The van der Waals surface area contributed by atoms with Gasteiger partial charge >= 0.3 is 0 Å². The Morgan fingerprint density at radius 2 is 2.15 bits per heavy atom. The van der Waals surface area contributed by atoms with Crippen molar-refractivity contribution >= 4 is 18.3 Å². The lowest BCUT2D eigenvalue weighted by Gasteiger charge is -2.25. The molecule has 3 heterocycles. The molecule has 1 fully saturated rings. The van der Waals surface area contributed by atoms with Gasteiger partial charge in [0, 0.05) is 50.5 Å². The molecule has 1 atom stereocenters. The van der Waals surface area contributed by atoms with Gasteiger partial charge in [-0.15, -0.1) is 12.4 Å². The monoisotopic (exact) mass is 376 g/mol. The van der Waals surface area contributed by atoms with Gasteiger partial charge < -0.3 is 15.0 Å². The van der Waals surface area contributed by atoms with Crippen LogP contribution in [-0.2, 0) is 24.2 Å². The Labute approximate surface area is 159 Å². The molecule has 1 aromatic heterocycles. The number of halogens is 1. The fourth-order valence-corrected chi connectivity index (χ4v) is 3.61. The summed E-state index contributed by atoms with van der Waals surface area (Å²) in [6.45, 7) is 3.61. The van der Waals surface area contributed by atoms with Crippen LogP contribution in [0.1, 0.15) is 40.2 Å². The van der Waals surface area contributed by atoms with Crippen molar-refractivity contribution < 1.29 is 9.53 Å². The van der Waals surface area contributed by atoms with Crippen LogP contribution in [0.2, 0.25) is 0 Å². The molecular formula is C19H25ClN4O2. The second-order valence-corrected chi connectivity index (χ2v) is 6.76. The molecular weight excluding hydrogens is 352 g/mol. The number of hydrogen-bond donors (Lipinski definition) is 2. The molecule has 26 heavy (non-hydrogen) atoms. The number of aromatic nitrogens is 2. The molecule has 4 rings (SSSR count). The van der Waals surface area contributed by atoms with Crippen molar-refractivity contribution in [2.75, 3.05) is 19.7 Å². The number of carbonyl (C=O) groups excluding carboxylic acids is 1. The van der Waals surface area contributed by atoms with Crippen molar-refractivity contribution in [3.8, 4) is 0 Å². The summed E-state index contributed by atoms with van der Waals surface area (Å²) >= 11 is 0. The number of rotatable bonds is 5. The fraction of sp³-hybridized carbons (Fsp3) is 0.474. The molecule has 0 spiro atoms. The number of hydrogen-bond acceptors (Lipinski definition) is 4. The molecule has 0 aliphatic carbocycles. The Balaban J connectivity index is 0.00000196. The summed E-state index contributed by atoms with van der Waals surface area (Å²) in [5.41, 5.74) is 3.77. The first-order chi connectivity index (χ1) is 12.3. The number of ether oxygens (including phenoxy) is 1. The average molecular weight is 377 g/mol. The van der Waals surface area contributed by atoms with Gasteiger partial charge in [0.1, 0.15) is 0 Å². The Morgan fingerprint density at radius 3 is 2.92 bits per heavy atom. The number of nitrogens with one attached hydrogen (secondary N) is 2. The number of H-pyrrole nitrogens is 1. The van der Waals surface area contributed by atoms with Gasteiger partial charge in [0.05, 0.1) is 6.10 Å². The molecule has 0 bridgehead atoms. The van der Waals surface area contributed by atoms with Crippen molar-refractivity contribution in [1.29, 1.82) is 0 Å². The molecule has 2 N–H and O–H groups in total. The molecule has 0 saturated carbocycles. The minimum absolute atomic E-state index is 0. The van der Waals surface area contributed by atoms with E-state index in [1.165, 1.54) is 0 Å². The molecule has 6 nitrogen and oxygen atoms in total. The molecule has 7 heteroatoms. The van der Waals surface area contributed by atoms with E-state index in [0.717, 1.165) is 49.2 Å². The van der Waals surface area contributed by atoms with Crippen LogP contribution in [0, 0.1) is 0 Å². The van der Waals surface area contributed by atoms with Crippen LogP contribution in [0.5, 0.6) is 0 Å². The Morgan fingerprint density at radius 1 is 1.31 bits per heavy atom. The lowest BCUT2D eigenvalue weighted by Crippen LogP contribution is -2.38. The Kier molecular flexibility index (Phi) is 6.29. The normalized spacial score (nSPS) is 18.8. The summed E-state index contributed by atoms with van der Waals surface area (Å²) in [4.78, 5) is 15.1. The third-order valence-corrected chi connectivity index (χ3v) is 4.96. The summed E-state index contributed by atoms with van der Waals surface area (Å²) < 4.78 is 5.77. The summed E-state index contributed by atoms with van der Waals surface area (Å²) in [7, 11) is 0. The SMILES string of the molecule is Cl.O=C(c1n[nH]c2c1CNCC2)N(Cc1ccccc1)CC1CCCO1. The molecule has 2 aliphatic heterocycles. The van der Waals surface area contributed by atoms with E-state index in [1.807, 2.05) is 23.1 Å². The van der Waals surface area contributed by atoms with Gasteiger partial charge in [0.15, 0.2) is 5.69 Å². The van der Waals surface area contributed by atoms with Gasteiger partial charge in [-0.3, -0.25) is 9.89 Å². The van der Waals surface area contributed by atoms with Gasteiger partial charge in [-0.05, 0) is 18.4 Å². The number of fused-ring (bicyclic) bond motifs is 1. The maximum absolute atomic E-state index is 13.2. The van der Waals surface area contributed by atoms with Crippen molar-refractivity contribution in [1.82, 2.24) is 20.4 Å². The second kappa shape index (κ2) is 8.66. The van der Waals surface area contributed by atoms with E-state index in [4.69, 9.17) is 4.74 Å². The standard InChI is InChI=1S/C19H24N4O2.ClH/c24-19(18-16-11-20-9-8-17(16)21-22-18)23(13-15-7-4-10-25-15)12-14-5-2-1-3-6-14;/h1-3,5-6,15,20H,4,7-13H2,(H,21,22);1H. The van der Waals surface area contributed by atoms with Crippen LogP contribution in [0.15, 0.2) is 30.3 Å². The van der Waals surface area contributed by atoms with Crippen LogP contribution >= 0.6 is 12.4 Å². The Bertz CT molecular complexity index is 728. The van der Waals surface area contributed by atoms with E-state index in [0.29, 0.717) is 25.3 Å². The molecule has 2 aromatic rings. The lowest BCUT2D eigenvalue weighted by molar-refractivity contribution is 0.0502. The molecule has 1 amide bonds. The molecule has 1 saturated heterocycles. The minimum atomic E-state index is -0.0134. The van der Waals surface area contributed by atoms with Gasteiger partial charge in [-0.2, -0.15) is 5.10 Å². The van der Waals surface area contributed by atoms with Crippen LogP contribution in [0.4, 0.5) is 0 Å². The van der Waals surface area contributed by atoms with E-state index in [-0.39, 0.29) is 24.4 Å². The second-order valence-electron chi connectivity index (χ2n) is 6.76. The van der Waals surface area contributed by atoms with Crippen LogP contribution < -0.4 is 5.32 Å². The molecule has 0 radical (unpaired) electrons. The summed E-state index contributed by atoms with van der Waals surface area (Å²) in [6.07, 6.45) is 3.10. The quantitative estimate of drug-likeness (QED) is 0.840. The highest BCUT2D eigenvalue weighted by Gasteiger charge is 2.28. The summed E-state index contributed by atoms with van der Waals surface area (Å²) in [6, 6.07) is 10.1. The first kappa shape index (κ1) is 18.9. The van der Waals surface area contributed by atoms with E-state index >= 15 is 0 Å². The molecule has 1 aromatic carbocycles. The van der Waals surface area contributed by atoms with Gasteiger partial charge in [-0.1, -0.05) is 30.3 Å². The predicted molar refractivity (Wildman–Crippen MR) is 101 cm³/mol. The van der Waals surface area contributed by atoms with E-state index < -0.39 is 0 Å². The lowest BCUT2D eigenvalue weighted by atomic mass is 10.1. The zero-order valence-electron chi connectivity index (χ0n) is 14.7. The number of aromatic amines is 1. The Hall–Kier alpha value is -1.89. The molecule has 140 valence electrons. The van der Waals surface area contributed by atoms with Crippen molar-refractivity contribution in [2.45, 2.75) is 38.5 Å². The third kappa shape index (κ3) is 4.09. The highest BCUT2D eigenvalue weighted by atomic mass is 35.5. The van der Waals surface area contributed by atoms with Crippen molar-refractivity contribution in [3.63, 3.8) is 0 Å². The average Bonchev–Trinajstić information content (AvgIpc) is 3.31. The topological polar surface area (TPSA) is 70.2 Å². The third-order valence-electron chi connectivity index (χ3n) is 4.96. The smallest absolute Gasteiger partial charge is 0.275 e. The number of benzene rings is 1. The van der Waals surface area contributed by atoms with Gasteiger partial charge in [-0.25, -0.2) is 0 Å². The van der Waals surface area contributed by atoms with Crippen molar-refractivity contribution in [2.24, 2.45) is 0 Å². The maximum Gasteiger partial charge on any atom is 0.275 e. The van der Waals surface area contributed by atoms with Crippen molar-refractivity contribution in [3.05, 3.63) is 52.8 Å². The minimum Gasteiger partial charge on any atom is -0.376 e. The number of carbonyl (C=O) groups is 1. The van der Waals surface area contributed by atoms with E-state index in [2.05, 4.69) is 27.6 Å². The summed E-state index contributed by atoms with van der Waals surface area (Å²) in [5, 5.41) is 10.7. The predicted octanol–water partition coefficient (Wildman–Crippen LogP) is 2.30. The fourth-order valence-electron chi connectivity index (χ4n) is 3.61. The maximum atomic E-state index is 13.2. The molecule has 1 unspecified atom stereocenters. The first-order valence-electron chi connectivity index (χ1n) is 9.03.